The van der Waals surface area contributed by atoms with Crippen molar-refractivity contribution < 1.29 is 19.1 Å². The molecule has 3 N–H and O–H groups in total. The number of aliphatic hydroxyl groups is 1. The molecule has 7 nitrogen and oxygen atoms in total. The summed E-state index contributed by atoms with van der Waals surface area (Å²) in [7, 11) is 1.47. The number of nitrogens with two attached hydrogens (primary N) is 1. The van der Waals surface area contributed by atoms with Crippen LogP contribution in [0.3, 0.4) is 0 Å². The van der Waals surface area contributed by atoms with Crippen molar-refractivity contribution in [2.24, 2.45) is 5.73 Å². The van der Waals surface area contributed by atoms with E-state index in [0.29, 0.717) is 34.9 Å². The van der Waals surface area contributed by atoms with Crippen LogP contribution in [0.15, 0.2) is 48.7 Å². The molecule has 0 spiro atoms. The maximum Gasteiger partial charge on any atom is 0.263 e. The Morgan fingerprint density at radius 1 is 1.18 bits per heavy atom. The molecule has 170 valence electrons. The Hall–Kier alpha value is -3.20. The second kappa shape index (κ2) is 8.97. The molecule has 0 saturated carbocycles. The summed E-state index contributed by atoms with van der Waals surface area (Å²) < 4.78 is 14.3. The second-order valence-corrected chi connectivity index (χ2v) is 8.46. The molecular weight excluding hydrogens is 470 g/mol. The first-order chi connectivity index (χ1) is 15.7. The van der Waals surface area contributed by atoms with Gasteiger partial charge < -0.3 is 15.7 Å². The molecule has 4 rings (SSSR count). The van der Waals surface area contributed by atoms with Crippen molar-refractivity contribution in [3.8, 4) is 11.1 Å². The number of carbonyl (C=O) groups is 2. The zero-order valence-corrected chi connectivity index (χ0v) is 18.9. The summed E-state index contributed by atoms with van der Waals surface area (Å²) in [4.78, 5) is 32.2. The highest BCUT2D eigenvalue weighted by Gasteiger charge is 2.31. The third-order valence-corrected chi connectivity index (χ3v) is 6.06. The quantitative estimate of drug-likeness (QED) is 0.569. The van der Waals surface area contributed by atoms with E-state index in [1.807, 2.05) is 4.90 Å². The topological polar surface area (TPSA) is 99.8 Å². The molecule has 2 heterocycles. The minimum Gasteiger partial charge on any atom is -0.389 e. The number of anilines is 2. The lowest BCUT2D eigenvalue weighted by Gasteiger charge is -2.39. The van der Waals surface area contributed by atoms with Crippen molar-refractivity contribution in [1.82, 2.24) is 4.98 Å². The number of halogens is 3. The largest absolute Gasteiger partial charge is 0.389 e. The summed E-state index contributed by atoms with van der Waals surface area (Å²) in [6, 6.07) is 10.4. The first-order valence-corrected chi connectivity index (χ1v) is 10.7. The lowest BCUT2D eigenvalue weighted by Crippen LogP contribution is -2.51. The zero-order chi connectivity index (χ0) is 23.9. The molecule has 0 aliphatic carbocycles. The summed E-state index contributed by atoms with van der Waals surface area (Å²) >= 11 is 12.4. The number of benzene rings is 2. The van der Waals surface area contributed by atoms with Crippen molar-refractivity contribution in [3.05, 3.63) is 75.7 Å². The number of β-amino-alcohol motifs (C(OH)–C–C–N with tert-alkyl or cyclic N) is 1. The standard InChI is InChI=1S/C23H19Cl2FN4O3/c1-29(23(33)20-17(25)3-2-4-18(20)26)22-19(30-10-14(31)11-30)8-13(9-28-22)15-7-12(21(27)32)5-6-16(15)24/h2-9,14,31H,10-11H2,1H3,(H2,27,32). The predicted molar refractivity (Wildman–Crippen MR) is 126 cm³/mol. The molecule has 2 amide bonds. The molecule has 3 aromatic rings. The lowest BCUT2D eigenvalue weighted by molar-refractivity contribution is 0.0984. The minimum absolute atomic E-state index is 0.0144. The Bertz CT molecular complexity index is 1240. The van der Waals surface area contributed by atoms with E-state index in [2.05, 4.69) is 4.98 Å². The Labute approximate surface area is 199 Å². The Morgan fingerprint density at radius 3 is 2.55 bits per heavy atom. The Morgan fingerprint density at radius 2 is 1.91 bits per heavy atom. The van der Waals surface area contributed by atoms with Crippen molar-refractivity contribution in [1.29, 1.82) is 0 Å². The van der Waals surface area contributed by atoms with Crippen LogP contribution < -0.4 is 15.5 Å². The summed E-state index contributed by atoms with van der Waals surface area (Å²) in [6.45, 7) is 0.658. The molecular formula is C23H19Cl2FN4O3. The molecule has 0 atom stereocenters. The maximum atomic E-state index is 14.3. The van der Waals surface area contributed by atoms with Gasteiger partial charge in [0.2, 0.25) is 5.91 Å². The van der Waals surface area contributed by atoms with Gasteiger partial charge >= 0.3 is 0 Å². The van der Waals surface area contributed by atoms with Crippen LogP contribution in [0.25, 0.3) is 11.1 Å². The fourth-order valence-electron chi connectivity index (χ4n) is 3.60. The molecule has 0 bridgehead atoms. The van der Waals surface area contributed by atoms with Gasteiger partial charge in [0.25, 0.3) is 5.91 Å². The highest BCUT2D eigenvalue weighted by Crippen LogP contribution is 2.37. The Balaban J connectivity index is 1.79. The number of rotatable bonds is 5. The first-order valence-electron chi connectivity index (χ1n) is 9.92. The van der Waals surface area contributed by atoms with E-state index >= 15 is 0 Å². The molecule has 1 aliphatic heterocycles. The van der Waals surface area contributed by atoms with Crippen molar-refractivity contribution >= 4 is 46.5 Å². The molecule has 1 aliphatic rings. The number of hydrogen-bond acceptors (Lipinski definition) is 5. The van der Waals surface area contributed by atoms with Gasteiger partial charge in [-0.1, -0.05) is 29.3 Å². The zero-order valence-electron chi connectivity index (χ0n) is 17.4. The van der Waals surface area contributed by atoms with Crippen LogP contribution in [0.2, 0.25) is 10.0 Å². The van der Waals surface area contributed by atoms with Gasteiger partial charge in [-0.05, 0) is 36.4 Å². The molecule has 1 saturated heterocycles. The molecule has 1 fully saturated rings. The smallest absolute Gasteiger partial charge is 0.263 e. The van der Waals surface area contributed by atoms with E-state index in [-0.39, 0.29) is 22.0 Å². The number of aromatic nitrogens is 1. The van der Waals surface area contributed by atoms with Gasteiger partial charge in [-0.25, -0.2) is 9.37 Å². The maximum absolute atomic E-state index is 14.3. The number of amides is 2. The number of primary amides is 1. The van der Waals surface area contributed by atoms with Crippen LogP contribution in [0, 0.1) is 5.82 Å². The summed E-state index contributed by atoms with van der Waals surface area (Å²) in [5, 5.41) is 10.2. The van der Waals surface area contributed by atoms with E-state index in [1.165, 1.54) is 36.3 Å². The van der Waals surface area contributed by atoms with Crippen molar-refractivity contribution in [3.63, 3.8) is 0 Å². The Kier molecular flexibility index (Phi) is 6.25. The lowest BCUT2D eigenvalue weighted by atomic mass is 10.0. The van der Waals surface area contributed by atoms with E-state index in [1.54, 1.807) is 18.2 Å². The van der Waals surface area contributed by atoms with Crippen LogP contribution in [0.4, 0.5) is 15.9 Å². The molecule has 10 heteroatoms. The summed E-state index contributed by atoms with van der Waals surface area (Å²) in [5.74, 6) is -1.77. The normalized spacial score (nSPS) is 13.5. The number of aliphatic hydroxyl groups excluding tert-OH is 1. The highest BCUT2D eigenvalue weighted by atomic mass is 35.5. The van der Waals surface area contributed by atoms with Crippen LogP contribution in [-0.4, -0.2) is 48.1 Å². The van der Waals surface area contributed by atoms with Gasteiger partial charge in [0, 0.05) is 48.0 Å². The number of pyridine rings is 1. The molecule has 2 aromatic carbocycles. The first kappa shape index (κ1) is 23.0. The third-order valence-electron chi connectivity index (χ3n) is 5.41. The van der Waals surface area contributed by atoms with Crippen LogP contribution in [0.1, 0.15) is 20.7 Å². The number of nitrogens with zero attached hydrogens (tertiary/aromatic N) is 3. The van der Waals surface area contributed by atoms with Crippen molar-refractivity contribution in [2.45, 2.75) is 6.10 Å². The second-order valence-electron chi connectivity index (χ2n) is 7.65. The fraction of sp³-hybridized carbons (Fsp3) is 0.174. The SMILES string of the molecule is CN(C(=O)c1c(F)cccc1Cl)c1ncc(-c2cc(C(N)=O)ccc2Cl)cc1N1CC(O)C1. The van der Waals surface area contributed by atoms with E-state index in [0.717, 1.165) is 6.07 Å². The molecule has 0 unspecified atom stereocenters. The molecule has 0 radical (unpaired) electrons. The van der Waals surface area contributed by atoms with E-state index in [4.69, 9.17) is 28.9 Å². The van der Waals surface area contributed by atoms with Gasteiger partial charge in [-0.3, -0.25) is 14.5 Å². The fourth-order valence-corrected chi connectivity index (χ4v) is 4.07. The summed E-state index contributed by atoms with van der Waals surface area (Å²) in [5.41, 5.74) is 7.04. The number of carbonyl (C=O) groups excluding carboxylic acids is 2. The average Bonchev–Trinajstić information content (AvgIpc) is 2.76. The van der Waals surface area contributed by atoms with Gasteiger partial charge in [-0.15, -0.1) is 0 Å². The highest BCUT2D eigenvalue weighted by molar-refractivity contribution is 6.34. The van der Waals surface area contributed by atoms with Gasteiger partial charge in [0.1, 0.15) is 5.82 Å². The van der Waals surface area contributed by atoms with E-state index < -0.39 is 23.7 Å². The van der Waals surface area contributed by atoms with Crippen LogP contribution in [0.5, 0.6) is 0 Å². The van der Waals surface area contributed by atoms with Gasteiger partial charge in [0.05, 0.1) is 22.4 Å². The van der Waals surface area contributed by atoms with E-state index in [9.17, 15) is 19.1 Å². The summed E-state index contributed by atoms with van der Waals surface area (Å²) in [6.07, 6.45) is 0.971. The third kappa shape index (κ3) is 4.37. The van der Waals surface area contributed by atoms with Crippen molar-refractivity contribution in [2.75, 3.05) is 29.9 Å². The van der Waals surface area contributed by atoms with Gasteiger partial charge in [-0.2, -0.15) is 0 Å². The molecule has 33 heavy (non-hydrogen) atoms. The number of hydrogen-bond donors (Lipinski definition) is 2. The van der Waals surface area contributed by atoms with Gasteiger partial charge in [0.15, 0.2) is 5.82 Å². The average molecular weight is 489 g/mol. The van der Waals surface area contributed by atoms with Crippen LogP contribution in [-0.2, 0) is 0 Å². The monoisotopic (exact) mass is 488 g/mol. The molecule has 1 aromatic heterocycles. The van der Waals surface area contributed by atoms with Crippen LogP contribution >= 0.6 is 23.2 Å². The predicted octanol–water partition coefficient (Wildman–Crippen LogP) is 3.75. The minimum atomic E-state index is -0.744.